The highest BCUT2D eigenvalue weighted by atomic mass is 35.5. The Labute approximate surface area is 137 Å². The smallest absolute Gasteiger partial charge is 0.225 e. The maximum atomic E-state index is 12.4. The first kappa shape index (κ1) is 17.1. The molecule has 122 valence electrons. The Balaban J connectivity index is 1.84. The second kappa shape index (κ2) is 7.34. The van der Waals surface area contributed by atoms with Gasteiger partial charge in [0.1, 0.15) is 11.9 Å². The number of para-hydroxylation sites is 1. The summed E-state index contributed by atoms with van der Waals surface area (Å²) in [6.45, 7) is 4.32. The molecule has 0 radical (unpaired) electrons. The largest absolute Gasteiger partial charge is 0.487 e. The summed E-state index contributed by atoms with van der Waals surface area (Å²) in [6, 6.07) is 7.32. The lowest BCUT2D eigenvalue weighted by Gasteiger charge is -2.37. The zero-order valence-corrected chi connectivity index (χ0v) is 14.0. The van der Waals surface area contributed by atoms with E-state index in [0.717, 1.165) is 25.7 Å². The Morgan fingerprint density at radius 1 is 1.50 bits per heavy atom. The zero-order chi connectivity index (χ0) is 16.2. The number of nitrogens with one attached hydrogen (secondary N) is 1. The Kier molecular flexibility index (Phi) is 5.70. The molecular formula is C17H25ClN2O2. The van der Waals surface area contributed by atoms with Gasteiger partial charge in [0.2, 0.25) is 5.91 Å². The molecule has 0 bridgehead atoms. The summed E-state index contributed by atoms with van der Waals surface area (Å²) in [5, 5.41) is 3.53. The van der Waals surface area contributed by atoms with Crippen LogP contribution in [0.1, 0.15) is 39.5 Å². The third kappa shape index (κ3) is 4.37. The van der Waals surface area contributed by atoms with E-state index in [1.165, 1.54) is 0 Å². The zero-order valence-electron chi connectivity index (χ0n) is 13.3. The standard InChI is InChI=1S/C17H25ClN2O2/c1-12(22-15-9-4-3-8-14(15)18)11-20-16(21)13-7-5-6-10-17(13,2)19/h3-4,8-9,12-13H,5-7,10-11,19H2,1-2H3,(H,20,21). The summed E-state index contributed by atoms with van der Waals surface area (Å²) in [4.78, 5) is 12.4. The fraction of sp³-hybridized carbons (Fsp3) is 0.588. The Morgan fingerprint density at radius 3 is 2.91 bits per heavy atom. The van der Waals surface area contributed by atoms with Gasteiger partial charge in [-0.1, -0.05) is 36.6 Å². The molecule has 1 aliphatic rings. The summed E-state index contributed by atoms with van der Waals surface area (Å²) >= 11 is 6.06. The van der Waals surface area contributed by atoms with Crippen LogP contribution in [0.25, 0.3) is 0 Å². The van der Waals surface area contributed by atoms with Crippen molar-refractivity contribution < 1.29 is 9.53 Å². The molecule has 0 heterocycles. The van der Waals surface area contributed by atoms with Crippen molar-refractivity contribution in [2.24, 2.45) is 11.7 Å². The summed E-state index contributed by atoms with van der Waals surface area (Å²) in [7, 11) is 0. The first-order chi connectivity index (χ1) is 10.4. The summed E-state index contributed by atoms with van der Waals surface area (Å²) in [6.07, 6.45) is 3.77. The number of hydrogen-bond donors (Lipinski definition) is 2. The van der Waals surface area contributed by atoms with Gasteiger partial charge in [0, 0.05) is 5.54 Å². The number of rotatable bonds is 5. The van der Waals surface area contributed by atoms with E-state index < -0.39 is 5.54 Å². The van der Waals surface area contributed by atoms with Crippen LogP contribution in [0.5, 0.6) is 5.75 Å². The maximum absolute atomic E-state index is 12.4. The number of hydrogen-bond acceptors (Lipinski definition) is 3. The van der Waals surface area contributed by atoms with Crippen molar-refractivity contribution in [1.29, 1.82) is 0 Å². The molecule has 4 nitrogen and oxygen atoms in total. The quantitative estimate of drug-likeness (QED) is 0.874. The first-order valence-electron chi connectivity index (χ1n) is 7.88. The molecule has 3 unspecified atom stereocenters. The normalized spacial score (nSPS) is 26.3. The van der Waals surface area contributed by atoms with Crippen LogP contribution < -0.4 is 15.8 Å². The number of benzene rings is 1. The Bertz CT molecular complexity index is 519. The van der Waals surface area contributed by atoms with Crippen LogP contribution in [0.15, 0.2) is 24.3 Å². The van der Waals surface area contributed by atoms with Crippen LogP contribution in [0.4, 0.5) is 0 Å². The number of halogens is 1. The van der Waals surface area contributed by atoms with Gasteiger partial charge in [0.15, 0.2) is 0 Å². The third-order valence-corrected chi connectivity index (χ3v) is 4.61. The van der Waals surface area contributed by atoms with Crippen molar-refractivity contribution in [2.45, 2.75) is 51.2 Å². The molecule has 1 amide bonds. The molecule has 5 heteroatoms. The molecule has 1 aliphatic carbocycles. The van der Waals surface area contributed by atoms with Crippen molar-refractivity contribution >= 4 is 17.5 Å². The summed E-state index contributed by atoms with van der Waals surface area (Å²) in [5.74, 6) is 0.542. The molecule has 2 rings (SSSR count). The third-order valence-electron chi connectivity index (χ3n) is 4.30. The van der Waals surface area contributed by atoms with Gasteiger partial charge in [-0.05, 0) is 38.8 Å². The van der Waals surface area contributed by atoms with Crippen LogP contribution >= 0.6 is 11.6 Å². The van der Waals surface area contributed by atoms with Gasteiger partial charge < -0.3 is 15.8 Å². The molecule has 0 saturated heterocycles. The Hall–Kier alpha value is -1.26. The molecule has 1 saturated carbocycles. The van der Waals surface area contributed by atoms with Gasteiger partial charge >= 0.3 is 0 Å². The number of carbonyl (C=O) groups is 1. The topological polar surface area (TPSA) is 64.4 Å². The molecule has 1 aromatic carbocycles. The number of ether oxygens (including phenoxy) is 1. The van der Waals surface area contributed by atoms with E-state index in [9.17, 15) is 4.79 Å². The lowest BCUT2D eigenvalue weighted by Crippen LogP contribution is -2.53. The fourth-order valence-electron chi connectivity index (χ4n) is 2.96. The van der Waals surface area contributed by atoms with Crippen molar-refractivity contribution in [3.8, 4) is 5.75 Å². The minimum Gasteiger partial charge on any atom is -0.487 e. The van der Waals surface area contributed by atoms with Crippen LogP contribution in [0.3, 0.4) is 0 Å². The fourth-order valence-corrected chi connectivity index (χ4v) is 3.14. The van der Waals surface area contributed by atoms with E-state index >= 15 is 0 Å². The second-order valence-electron chi connectivity index (χ2n) is 6.41. The van der Waals surface area contributed by atoms with E-state index in [4.69, 9.17) is 22.1 Å². The maximum Gasteiger partial charge on any atom is 0.225 e. The molecule has 1 aromatic rings. The van der Waals surface area contributed by atoms with Crippen molar-refractivity contribution in [3.05, 3.63) is 29.3 Å². The van der Waals surface area contributed by atoms with E-state index in [2.05, 4.69) is 5.32 Å². The van der Waals surface area contributed by atoms with Crippen LogP contribution in [0.2, 0.25) is 5.02 Å². The van der Waals surface area contributed by atoms with E-state index in [0.29, 0.717) is 17.3 Å². The van der Waals surface area contributed by atoms with Gasteiger partial charge in [0.25, 0.3) is 0 Å². The SMILES string of the molecule is CC(CNC(=O)C1CCCCC1(C)N)Oc1ccccc1Cl. The lowest BCUT2D eigenvalue weighted by molar-refractivity contribution is -0.128. The highest BCUT2D eigenvalue weighted by molar-refractivity contribution is 6.32. The monoisotopic (exact) mass is 324 g/mol. The van der Waals surface area contributed by atoms with E-state index in [1.807, 2.05) is 32.0 Å². The average Bonchev–Trinajstić information content (AvgIpc) is 2.47. The molecule has 1 fully saturated rings. The molecular weight excluding hydrogens is 300 g/mol. The predicted molar refractivity (Wildman–Crippen MR) is 89.1 cm³/mol. The molecule has 0 spiro atoms. The van der Waals surface area contributed by atoms with Gasteiger partial charge in [-0.15, -0.1) is 0 Å². The van der Waals surface area contributed by atoms with E-state index in [-0.39, 0.29) is 17.9 Å². The number of carbonyl (C=O) groups excluding carboxylic acids is 1. The predicted octanol–water partition coefficient (Wildman–Crippen LogP) is 3.13. The molecule has 3 atom stereocenters. The van der Waals surface area contributed by atoms with Gasteiger partial charge in [0.05, 0.1) is 17.5 Å². The number of amides is 1. The minimum absolute atomic E-state index is 0.0271. The molecule has 22 heavy (non-hydrogen) atoms. The second-order valence-corrected chi connectivity index (χ2v) is 6.82. The summed E-state index contributed by atoms with van der Waals surface area (Å²) in [5.41, 5.74) is 5.86. The highest BCUT2D eigenvalue weighted by Crippen LogP contribution is 2.31. The van der Waals surface area contributed by atoms with Gasteiger partial charge in [-0.25, -0.2) is 0 Å². The van der Waals surface area contributed by atoms with Crippen LogP contribution in [-0.4, -0.2) is 24.1 Å². The van der Waals surface area contributed by atoms with Gasteiger partial charge in [-0.3, -0.25) is 4.79 Å². The Morgan fingerprint density at radius 2 is 2.23 bits per heavy atom. The van der Waals surface area contributed by atoms with Crippen LogP contribution in [0, 0.1) is 5.92 Å². The van der Waals surface area contributed by atoms with Crippen molar-refractivity contribution in [2.75, 3.05) is 6.54 Å². The highest BCUT2D eigenvalue weighted by Gasteiger charge is 2.37. The molecule has 3 N–H and O–H groups in total. The lowest BCUT2D eigenvalue weighted by atomic mass is 9.74. The van der Waals surface area contributed by atoms with E-state index in [1.54, 1.807) is 6.07 Å². The van der Waals surface area contributed by atoms with Gasteiger partial charge in [-0.2, -0.15) is 0 Å². The summed E-state index contributed by atoms with van der Waals surface area (Å²) < 4.78 is 5.76. The van der Waals surface area contributed by atoms with Crippen molar-refractivity contribution in [3.63, 3.8) is 0 Å². The minimum atomic E-state index is -0.408. The molecule has 0 aliphatic heterocycles. The molecule has 0 aromatic heterocycles. The number of nitrogens with two attached hydrogens (primary N) is 1. The van der Waals surface area contributed by atoms with Crippen molar-refractivity contribution in [1.82, 2.24) is 5.32 Å². The average molecular weight is 325 g/mol. The van der Waals surface area contributed by atoms with Crippen LogP contribution in [-0.2, 0) is 4.79 Å². The first-order valence-corrected chi connectivity index (χ1v) is 8.26.